The molecule has 0 spiro atoms. The maximum Gasteiger partial charge on any atom is 0.239 e. The second kappa shape index (κ2) is 5.87. The molecule has 1 heterocycles. The van der Waals surface area contributed by atoms with Gasteiger partial charge in [0.25, 0.3) is 0 Å². The van der Waals surface area contributed by atoms with Crippen molar-refractivity contribution in [3.05, 3.63) is 29.8 Å². The zero-order chi connectivity index (χ0) is 13.0. The molecule has 1 N–H and O–H groups in total. The molecule has 0 bridgehead atoms. The summed E-state index contributed by atoms with van der Waals surface area (Å²) in [5, 5.41) is 3.03. The van der Waals surface area contributed by atoms with Crippen molar-refractivity contribution < 1.29 is 9.53 Å². The largest absolute Gasteiger partial charge is 0.492 e. The van der Waals surface area contributed by atoms with Crippen LogP contribution in [0.4, 0.5) is 0 Å². The Hall–Kier alpha value is -1.55. The molecule has 0 aliphatic carbocycles. The third-order valence-electron chi connectivity index (χ3n) is 3.27. The molecule has 1 fully saturated rings. The van der Waals surface area contributed by atoms with Gasteiger partial charge in [-0.1, -0.05) is 12.1 Å². The number of carbonyl (C=O) groups excluding carboxylic acids is 1. The van der Waals surface area contributed by atoms with Gasteiger partial charge >= 0.3 is 0 Å². The summed E-state index contributed by atoms with van der Waals surface area (Å²) < 4.78 is 5.65. The average molecular weight is 248 g/mol. The van der Waals surface area contributed by atoms with Gasteiger partial charge in [-0.3, -0.25) is 4.79 Å². The van der Waals surface area contributed by atoms with Crippen molar-refractivity contribution in [1.29, 1.82) is 0 Å². The van der Waals surface area contributed by atoms with Gasteiger partial charge < -0.3 is 15.0 Å². The fourth-order valence-corrected chi connectivity index (χ4v) is 2.21. The van der Waals surface area contributed by atoms with Crippen LogP contribution >= 0.6 is 0 Å². The first-order chi connectivity index (χ1) is 8.70. The molecule has 1 saturated heterocycles. The number of nitrogens with zero attached hydrogens (tertiary/aromatic N) is 1. The van der Waals surface area contributed by atoms with Crippen LogP contribution in [0.1, 0.15) is 12.0 Å². The number of likely N-dealkylation sites (N-methyl/N-ethyl adjacent to an activating group) is 1. The van der Waals surface area contributed by atoms with Crippen LogP contribution < -0.4 is 10.1 Å². The van der Waals surface area contributed by atoms with Crippen molar-refractivity contribution in [2.24, 2.45) is 0 Å². The first kappa shape index (κ1) is 12.9. The van der Waals surface area contributed by atoms with Crippen molar-refractivity contribution in [1.82, 2.24) is 10.2 Å². The highest BCUT2D eigenvalue weighted by molar-refractivity contribution is 5.83. The number of aryl methyl sites for hydroxylation is 1. The molecule has 1 aliphatic heterocycles. The molecule has 0 radical (unpaired) electrons. The van der Waals surface area contributed by atoms with E-state index in [1.807, 2.05) is 43.1 Å². The fourth-order valence-electron chi connectivity index (χ4n) is 2.21. The molecule has 4 heteroatoms. The highest BCUT2D eigenvalue weighted by atomic mass is 16.5. The van der Waals surface area contributed by atoms with E-state index in [4.69, 9.17) is 4.74 Å². The lowest BCUT2D eigenvalue weighted by atomic mass is 10.2. The van der Waals surface area contributed by atoms with E-state index in [2.05, 4.69) is 5.32 Å². The fraction of sp³-hybridized carbons (Fsp3) is 0.500. The SMILES string of the molecule is CNC1CCN(CCOc2cccc(C)c2)C1=O. The lowest BCUT2D eigenvalue weighted by Crippen LogP contribution is -2.37. The summed E-state index contributed by atoms with van der Waals surface area (Å²) in [6.45, 7) is 4.06. The highest BCUT2D eigenvalue weighted by Crippen LogP contribution is 2.13. The van der Waals surface area contributed by atoms with E-state index in [0.717, 1.165) is 18.7 Å². The molecule has 1 aromatic carbocycles. The van der Waals surface area contributed by atoms with Crippen molar-refractivity contribution in [2.75, 3.05) is 26.7 Å². The first-order valence-corrected chi connectivity index (χ1v) is 6.36. The van der Waals surface area contributed by atoms with Gasteiger partial charge in [-0.25, -0.2) is 0 Å². The van der Waals surface area contributed by atoms with E-state index in [9.17, 15) is 4.79 Å². The van der Waals surface area contributed by atoms with Crippen LogP contribution in [0.25, 0.3) is 0 Å². The van der Waals surface area contributed by atoms with Gasteiger partial charge in [-0.2, -0.15) is 0 Å². The second-order valence-corrected chi connectivity index (χ2v) is 4.62. The number of nitrogens with one attached hydrogen (secondary N) is 1. The minimum Gasteiger partial charge on any atom is -0.492 e. The summed E-state index contributed by atoms with van der Waals surface area (Å²) in [6, 6.07) is 7.94. The van der Waals surface area contributed by atoms with Gasteiger partial charge in [0.2, 0.25) is 5.91 Å². The summed E-state index contributed by atoms with van der Waals surface area (Å²) in [5.41, 5.74) is 1.18. The van der Waals surface area contributed by atoms with E-state index < -0.39 is 0 Å². The topological polar surface area (TPSA) is 41.6 Å². The Morgan fingerprint density at radius 2 is 2.33 bits per heavy atom. The monoisotopic (exact) mass is 248 g/mol. The average Bonchev–Trinajstić information content (AvgIpc) is 2.71. The third-order valence-corrected chi connectivity index (χ3v) is 3.27. The van der Waals surface area contributed by atoms with Gasteiger partial charge in [0, 0.05) is 6.54 Å². The zero-order valence-electron chi connectivity index (χ0n) is 11.0. The second-order valence-electron chi connectivity index (χ2n) is 4.62. The number of carbonyl (C=O) groups is 1. The number of hydrogen-bond acceptors (Lipinski definition) is 3. The van der Waals surface area contributed by atoms with Crippen LogP contribution in [-0.2, 0) is 4.79 Å². The van der Waals surface area contributed by atoms with Gasteiger partial charge in [-0.15, -0.1) is 0 Å². The number of hydrogen-bond donors (Lipinski definition) is 1. The molecular weight excluding hydrogens is 228 g/mol. The molecule has 1 amide bonds. The van der Waals surface area contributed by atoms with E-state index in [0.29, 0.717) is 13.2 Å². The Labute approximate surface area is 108 Å². The maximum absolute atomic E-state index is 11.8. The molecule has 0 aromatic heterocycles. The standard InChI is InChI=1S/C14H20N2O2/c1-11-4-3-5-12(10-11)18-9-8-16-7-6-13(15-2)14(16)17/h3-5,10,13,15H,6-9H2,1-2H3. The molecule has 1 unspecified atom stereocenters. The van der Waals surface area contributed by atoms with E-state index in [1.165, 1.54) is 5.56 Å². The lowest BCUT2D eigenvalue weighted by molar-refractivity contribution is -0.129. The predicted octanol–water partition coefficient (Wildman–Crippen LogP) is 1.19. The van der Waals surface area contributed by atoms with Gasteiger partial charge in [0.15, 0.2) is 0 Å². The Bertz CT molecular complexity index is 420. The van der Waals surface area contributed by atoms with Gasteiger partial charge in [-0.05, 0) is 38.1 Å². The Morgan fingerprint density at radius 1 is 1.50 bits per heavy atom. The highest BCUT2D eigenvalue weighted by Gasteiger charge is 2.29. The molecule has 4 nitrogen and oxygen atoms in total. The Kier molecular flexibility index (Phi) is 4.20. The zero-order valence-corrected chi connectivity index (χ0v) is 11.0. The number of benzene rings is 1. The van der Waals surface area contributed by atoms with E-state index in [1.54, 1.807) is 0 Å². The summed E-state index contributed by atoms with van der Waals surface area (Å²) >= 11 is 0. The normalized spacial score (nSPS) is 19.3. The smallest absolute Gasteiger partial charge is 0.239 e. The Balaban J connectivity index is 1.78. The number of rotatable bonds is 5. The quantitative estimate of drug-likeness (QED) is 0.851. The van der Waals surface area contributed by atoms with Crippen molar-refractivity contribution in [2.45, 2.75) is 19.4 Å². The summed E-state index contributed by atoms with van der Waals surface area (Å²) in [5.74, 6) is 1.05. The van der Waals surface area contributed by atoms with Crippen LogP contribution in [0.15, 0.2) is 24.3 Å². The molecule has 1 aromatic rings. The molecule has 98 valence electrons. The van der Waals surface area contributed by atoms with Crippen molar-refractivity contribution >= 4 is 5.91 Å². The summed E-state index contributed by atoms with van der Waals surface area (Å²) in [4.78, 5) is 13.7. The molecular formula is C14H20N2O2. The summed E-state index contributed by atoms with van der Waals surface area (Å²) in [6.07, 6.45) is 0.889. The number of amides is 1. The van der Waals surface area contributed by atoms with Crippen LogP contribution in [-0.4, -0.2) is 43.6 Å². The van der Waals surface area contributed by atoms with Crippen LogP contribution in [0.5, 0.6) is 5.75 Å². The third kappa shape index (κ3) is 3.01. The van der Waals surface area contributed by atoms with E-state index in [-0.39, 0.29) is 11.9 Å². The van der Waals surface area contributed by atoms with Gasteiger partial charge in [0.1, 0.15) is 12.4 Å². The van der Waals surface area contributed by atoms with Crippen molar-refractivity contribution in [3.63, 3.8) is 0 Å². The van der Waals surface area contributed by atoms with Crippen LogP contribution in [0.3, 0.4) is 0 Å². The van der Waals surface area contributed by atoms with Crippen LogP contribution in [0, 0.1) is 6.92 Å². The van der Waals surface area contributed by atoms with Gasteiger partial charge in [0.05, 0.1) is 12.6 Å². The summed E-state index contributed by atoms with van der Waals surface area (Å²) in [7, 11) is 1.83. The molecule has 1 atom stereocenters. The first-order valence-electron chi connectivity index (χ1n) is 6.36. The maximum atomic E-state index is 11.8. The van der Waals surface area contributed by atoms with E-state index >= 15 is 0 Å². The molecule has 1 aliphatic rings. The Morgan fingerprint density at radius 3 is 3.00 bits per heavy atom. The molecule has 0 saturated carbocycles. The van der Waals surface area contributed by atoms with Crippen LogP contribution in [0.2, 0.25) is 0 Å². The number of ether oxygens (including phenoxy) is 1. The number of likely N-dealkylation sites (tertiary alicyclic amines) is 1. The predicted molar refractivity (Wildman–Crippen MR) is 70.7 cm³/mol. The minimum atomic E-state index is -0.0102. The van der Waals surface area contributed by atoms with Crippen molar-refractivity contribution in [3.8, 4) is 5.75 Å². The lowest BCUT2D eigenvalue weighted by Gasteiger charge is -2.17. The molecule has 2 rings (SSSR count). The minimum absolute atomic E-state index is 0.0102. The molecule has 18 heavy (non-hydrogen) atoms.